The Morgan fingerprint density at radius 3 is 1.68 bits per heavy atom. The number of rotatable bonds is 2. The minimum Gasteiger partial charge on any atom is -0.0808 e. The van der Waals surface area contributed by atoms with Crippen LogP contribution >= 0.6 is 0 Å². The molecule has 0 heterocycles. The van der Waals surface area contributed by atoms with E-state index in [1.807, 2.05) is 0 Å². The van der Waals surface area contributed by atoms with E-state index in [9.17, 15) is 0 Å². The summed E-state index contributed by atoms with van der Waals surface area (Å²) in [6.45, 7) is 7.91. The quantitative estimate of drug-likeness (QED) is 0.550. The lowest BCUT2D eigenvalue weighted by Gasteiger charge is -2.42. The number of hydrogen-bond donors (Lipinski definition) is 0. The molecule has 4 aliphatic rings. The maximum Gasteiger partial charge on any atom is 0.0548 e. The van der Waals surface area contributed by atoms with Gasteiger partial charge in [0.1, 0.15) is 0 Å². The van der Waals surface area contributed by atoms with Crippen LogP contribution < -0.4 is 0 Å². The largest absolute Gasteiger partial charge is 0.0808 e. The van der Waals surface area contributed by atoms with Crippen molar-refractivity contribution in [2.75, 3.05) is 0 Å². The van der Waals surface area contributed by atoms with Crippen molar-refractivity contribution < 1.29 is 0 Å². The molecule has 0 radical (unpaired) electrons. The van der Waals surface area contributed by atoms with E-state index in [0.29, 0.717) is 0 Å². The molecule has 0 amide bonds. The molecule has 0 N–H and O–H groups in total. The van der Waals surface area contributed by atoms with Crippen molar-refractivity contribution in [3.8, 4) is 0 Å². The third-order valence-corrected chi connectivity index (χ3v) is 12.4. The molecule has 5 unspecified atom stereocenters. The van der Waals surface area contributed by atoms with Crippen LogP contribution in [0.5, 0.6) is 0 Å². The number of fused-ring (bicyclic) bond motifs is 3. The Balaban J connectivity index is 1.70. The molecular formula is C21H30Si. The summed E-state index contributed by atoms with van der Waals surface area (Å²) in [4.78, 5) is 0. The van der Waals surface area contributed by atoms with E-state index in [2.05, 4.69) is 68.6 Å². The van der Waals surface area contributed by atoms with Gasteiger partial charge in [-0.1, -0.05) is 87.9 Å². The first kappa shape index (κ1) is 14.7. The summed E-state index contributed by atoms with van der Waals surface area (Å²) in [6.07, 6.45) is 23.8. The Labute approximate surface area is 137 Å². The van der Waals surface area contributed by atoms with Crippen LogP contribution in [0.3, 0.4) is 0 Å². The van der Waals surface area contributed by atoms with Crippen LogP contribution in [-0.2, 0) is 0 Å². The lowest BCUT2D eigenvalue weighted by Crippen LogP contribution is -2.42. The fourth-order valence-corrected chi connectivity index (χ4v) is 11.3. The second-order valence-corrected chi connectivity index (χ2v) is 13.9. The summed E-state index contributed by atoms with van der Waals surface area (Å²) in [5.41, 5.74) is 1.98. The van der Waals surface area contributed by atoms with E-state index in [0.717, 1.165) is 40.7 Å². The molecule has 0 aromatic rings. The van der Waals surface area contributed by atoms with E-state index >= 15 is 0 Å². The maximum absolute atomic E-state index is 2.72. The molecule has 0 bridgehead atoms. The molecular weight excluding hydrogens is 280 g/mol. The molecule has 4 aliphatic carbocycles. The normalized spacial score (nSPS) is 46.0. The second kappa shape index (κ2) is 5.37. The van der Waals surface area contributed by atoms with E-state index in [-0.39, 0.29) is 0 Å². The number of allylic oxidation sites excluding steroid dienone is 8. The van der Waals surface area contributed by atoms with Gasteiger partial charge in [-0.3, -0.25) is 0 Å². The van der Waals surface area contributed by atoms with Gasteiger partial charge in [0.25, 0.3) is 0 Å². The molecule has 2 saturated carbocycles. The third kappa shape index (κ3) is 2.16. The Hall–Kier alpha value is -0.823. The summed E-state index contributed by atoms with van der Waals surface area (Å²) in [6, 6.07) is 0. The zero-order valence-corrected chi connectivity index (χ0v) is 15.3. The Kier molecular flexibility index (Phi) is 3.60. The van der Waals surface area contributed by atoms with Crippen LogP contribution in [0.4, 0.5) is 0 Å². The average molecular weight is 311 g/mol. The average Bonchev–Trinajstić information content (AvgIpc) is 3.09. The highest BCUT2D eigenvalue weighted by molar-refractivity contribution is 6.80. The van der Waals surface area contributed by atoms with E-state index in [1.165, 1.54) is 19.3 Å². The summed E-state index contributed by atoms with van der Waals surface area (Å²) in [5.74, 6) is 4.07. The minimum atomic E-state index is -1.27. The molecule has 0 aromatic carbocycles. The van der Waals surface area contributed by atoms with Gasteiger partial charge < -0.3 is 0 Å². The highest BCUT2D eigenvalue weighted by Crippen LogP contribution is 2.61. The predicted molar refractivity (Wildman–Crippen MR) is 98.5 cm³/mol. The Morgan fingerprint density at radius 2 is 1.23 bits per heavy atom. The molecule has 2 fully saturated rings. The molecule has 118 valence electrons. The highest BCUT2D eigenvalue weighted by Gasteiger charge is 2.55. The predicted octanol–water partition coefficient (Wildman–Crippen LogP) is 5.99. The van der Waals surface area contributed by atoms with Crippen LogP contribution in [0.25, 0.3) is 0 Å². The monoisotopic (exact) mass is 310 g/mol. The first-order valence-corrected chi connectivity index (χ1v) is 12.4. The van der Waals surface area contributed by atoms with Crippen LogP contribution in [0.2, 0.25) is 24.2 Å². The molecule has 0 spiro atoms. The van der Waals surface area contributed by atoms with Crippen molar-refractivity contribution in [2.24, 2.45) is 29.6 Å². The van der Waals surface area contributed by atoms with Gasteiger partial charge in [-0.05, 0) is 40.7 Å². The molecule has 0 aromatic heterocycles. The topological polar surface area (TPSA) is 0 Å². The van der Waals surface area contributed by atoms with Gasteiger partial charge in [-0.25, -0.2) is 0 Å². The molecule has 4 rings (SSSR count). The van der Waals surface area contributed by atoms with Crippen LogP contribution in [0.1, 0.15) is 26.2 Å². The molecule has 0 saturated heterocycles. The lowest BCUT2D eigenvalue weighted by molar-refractivity contribution is 0.461. The maximum atomic E-state index is 2.72. The highest BCUT2D eigenvalue weighted by atomic mass is 28.3. The van der Waals surface area contributed by atoms with E-state index in [1.54, 1.807) is 0 Å². The summed E-state index contributed by atoms with van der Waals surface area (Å²) in [7, 11) is -1.27. The fourth-order valence-electron chi connectivity index (χ4n) is 6.17. The molecule has 0 nitrogen and oxygen atoms in total. The van der Waals surface area contributed by atoms with Crippen molar-refractivity contribution >= 4 is 8.07 Å². The standard InChI is InChI=1S/C21H30Si/c1-15-12-13-16(14-15)22(2,3)21-19-10-6-4-8-17(19)18-9-5-7-11-20(18)21/h4-11,15-21H,12-14H2,1-3H3/t15-,16?,17?,18?,19?,20?,21?/m1/s1. The SMILES string of the molecule is C[C@@H]1CCC([Si](C)(C)C2C3C=CC=CC3C3C=CC=CC32)C1. The first-order chi connectivity index (χ1) is 10.6. The summed E-state index contributed by atoms with van der Waals surface area (Å²) < 4.78 is 0. The number of hydrogen-bond acceptors (Lipinski definition) is 0. The van der Waals surface area contributed by atoms with E-state index in [4.69, 9.17) is 0 Å². The molecule has 6 atom stereocenters. The Bertz CT molecular complexity index is 516. The zero-order valence-electron chi connectivity index (χ0n) is 14.3. The van der Waals surface area contributed by atoms with E-state index < -0.39 is 8.07 Å². The zero-order chi connectivity index (χ0) is 15.3. The van der Waals surface area contributed by atoms with Crippen molar-refractivity contribution in [3.63, 3.8) is 0 Å². The van der Waals surface area contributed by atoms with Crippen LogP contribution in [-0.4, -0.2) is 8.07 Å². The molecule has 22 heavy (non-hydrogen) atoms. The second-order valence-electron chi connectivity index (χ2n) is 8.81. The Morgan fingerprint density at radius 1 is 0.727 bits per heavy atom. The molecule has 1 heteroatoms. The van der Waals surface area contributed by atoms with Gasteiger partial charge >= 0.3 is 0 Å². The van der Waals surface area contributed by atoms with Gasteiger partial charge in [0.2, 0.25) is 0 Å². The first-order valence-electron chi connectivity index (χ1n) is 9.29. The van der Waals surface area contributed by atoms with Gasteiger partial charge in [-0.2, -0.15) is 0 Å². The smallest absolute Gasteiger partial charge is 0.0548 e. The van der Waals surface area contributed by atoms with Crippen molar-refractivity contribution in [3.05, 3.63) is 48.6 Å². The fraction of sp³-hybridized carbons (Fsp3) is 0.619. The van der Waals surface area contributed by atoms with Gasteiger partial charge in [0.15, 0.2) is 0 Å². The van der Waals surface area contributed by atoms with Crippen molar-refractivity contribution in [2.45, 2.75) is 50.4 Å². The van der Waals surface area contributed by atoms with Crippen LogP contribution in [0.15, 0.2) is 48.6 Å². The summed E-state index contributed by atoms with van der Waals surface area (Å²) >= 11 is 0. The van der Waals surface area contributed by atoms with Gasteiger partial charge in [0, 0.05) is 0 Å². The minimum absolute atomic E-state index is 0.756. The van der Waals surface area contributed by atoms with Crippen molar-refractivity contribution in [1.29, 1.82) is 0 Å². The van der Waals surface area contributed by atoms with Gasteiger partial charge in [0.05, 0.1) is 8.07 Å². The van der Waals surface area contributed by atoms with Gasteiger partial charge in [-0.15, -0.1) is 0 Å². The van der Waals surface area contributed by atoms with Crippen molar-refractivity contribution in [1.82, 2.24) is 0 Å². The third-order valence-electron chi connectivity index (χ3n) is 7.32. The molecule has 0 aliphatic heterocycles. The van der Waals surface area contributed by atoms with Crippen LogP contribution in [0, 0.1) is 29.6 Å². The lowest BCUT2D eigenvalue weighted by atomic mass is 9.83. The summed E-state index contributed by atoms with van der Waals surface area (Å²) in [5, 5.41) is 0.